The summed E-state index contributed by atoms with van der Waals surface area (Å²) in [6.07, 6.45) is 2.17. The van der Waals surface area contributed by atoms with E-state index in [9.17, 15) is 0 Å². The number of hydrogen-bond acceptors (Lipinski definition) is 4. The van der Waals surface area contributed by atoms with Gasteiger partial charge in [0.1, 0.15) is 17.2 Å². The smallest absolute Gasteiger partial charge is 0.123 e. The molecule has 156 valence electrons. The molecule has 0 bridgehead atoms. The number of nitrogens with zero attached hydrogens (tertiary/aromatic N) is 1. The maximum Gasteiger partial charge on any atom is 0.123 e. The normalized spacial score (nSPS) is 13.5. The first-order valence-corrected chi connectivity index (χ1v) is 10.5. The Balaban J connectivity index is 1.28. The highest BCUT2D eigenvalue weighted by Gasteiger charge is 2.14. The van der Waals surface area contributed by atoms with E-state index in [0.29, 0.717) is 0 Å². The van der Waals surface area contributed by atoms with Crippen LogP contribution in [-0.2, 0) is 13.0 Å². The lowest BCUT2D eigenvalue weighted by molar-refractivity contribution is 0.221. The Morgan fingerprint density at radius 1 is 0.767 bits per heavy atom. The van der Waals surface area contributed by atoms with Crippen LogP contribution in [0.25, 0.3) is 11.1 Å². The molecule has 0 saturated heterocycles. The molecule has 1 aliphatic heterocycles. The molecule has 0 aromatic heterocycles. The van der Waals surface area contributed by atoms with Gasteiger partial charge in [-0.3, -0.25) is 4.90 Å². The third-order valence-corrected chi connectivity index (χ3v) is 5.64. The quantitative estimate of drug-likeness (QED) is 0.484. The first kappa shape index (κ1) is 20.3. The lowest BCUT2D eigenvalue weighted by Gasteiger charge is -2.28. The van der Waals surface area contributed by atoms with Gasteiger partial charge < -0.3 is 14.2 Å². The molecule has 4 heteroatoms. The zero-order valence-corrected chi connectivity index (χ0v) is 17.8. The Kier molecular flexibility index (Phi) is 6.55. The van der Waals surface area contributed by atoms with Gasteiger partial charge in [-0.25, -0.2) is 0 Å². The van der Waals surface area contributed by atoms with Crippen molar-refractivity contribution in [2.45, 2.75) is 19.4 Å². The summed E-state index contributed by atoms with van der Waals surface area (Å²) in [4.78, 5) is 2.52. The van der Waals surface area contributed by atoms with E-state index in [1.165, 1.54) is 11.1 Å². The molecule has 0 unspecified atom stereocenters. The molecule has 3 aromatic rings. The molecule has 1 heterocycles. The van der Waals surface area contributed by atoms with Crippen LogP contribution in [0.1, 0.15) is 17.5 Å². The van der Waals surface area contributed by atoms with Gasteiger partial charge in [0, 0.05) is 25.7 Å². The van der Waals surface area contributed by atoms with Crippen LogP contribution in [0.5, 0.6) is 17.2 Å². The highest BCUT2D eigenvalue weighted by Crippen LogP contribution is 2.30. The van der Waals surface area contributed by atoms with Crippen molar-refractivity contribution in [2.75, 3.05) is 33.9 Å². The average molecular weight is 404 g/mol. The number of methoxy groups -OCH3 is 2. The van der Waals surface area contributed by atoms with Gasteiger partial charge in [0.25, 0.3) is 0 Å². The molecule has 0 atom stereocenters. The van der Waals surface area contributed by atoms with Crippen molar-refractivity contribution in [1.29, 1.82) is 0 Å². The highest BCUT2D eigenvalue weighted by molar-refractivity contribution is 5.67. The number of fused-ring (bicyclic) bond motifs is 1. The molecule has 0 radical (unpaired) electrons. The van der Waals surface area contributed by atoms with Crippen molar-refractivity contribution in [3.63, 3.8) is 0 Å². The summed E-state index contributed by atoms with van der Waals surface area (Å²) in [5.74, 6) is 2.47. The summed E-state index contributed by atoms with van der Waals surface area (Å²) >= 11 is 0. The third kappa shape index (κ3) is 4.95. The predicted octanol–water partition coefficient (Wildman–Crippen LogP) is 5.20. The van der Waals surface area contributed by atoms with E-state index in [-0.39, 0.29) is 0 Å². The van der Waals surface area contributed by atoms with Gasteiger partial charge >= 0.3 is 0 Å². The van der Waals surface area contributed by atoms with E-state index in [4.69, 9.17) is 14.2 Å². The number of rotatable bonds is 8. The standard InChI is InChI=1S/C26H29NO3/c1-28-25-16-23(17-26(18-25)29-2)21-8-10-24(11-9-21)30-15-5-13-27-14-12-20-6-3-4-7-22(20)19-27/h3-4,6-11,16-18H,5,12-15,19H2,1-2H3. The average Bonchev–Trinajstić information content (AvgIpc) is 2.81. The van der Waals surface area contributed by atoms with Gasteiger partial charge in [-0.1, -0.05) is 36.4 Å². The molecule has 30 heavy (non-hydrogen) atoms. The summed E-state index contributed by atoms with van der Waals surface area (Å²) in [5, 5.41) is 0. The summed E-state index contributed by atoms with van der Waals surface area (Å²) in [6.45, 7) is 3.98. The second kappa shape index (κ2) is 9.68. The molecule has 0 N–H and O–H groups in total. The molecule has 4 rings (SSSR count). The molecular weight excluding hydrogens is 374 g/mol. The highest BCUT2D eigenvalue weighted by atomic mass is 16.5. The molecule has 0 fully saturated rings. The van der Waals surface area contributed by atoms with Crippen molar-refractivity contribution < 1.29 is 14.2 Å². The van der Waals surface area contributed by atoms with E-state index in [1.54, 1.807) is 14.2 Å². The van der Waals surface area contributed by atoms with Gasteiger partial charge in [-0.05, 0) is 59.4 Å². The number of ether oxygens (including phenoxy) is 3. The lowest BCUT2D eigenvalue weighted by Crippen LogP contribution is -2.31. The van der Waals surface area contributed by atoms with Crippen LogP contribution in [0.15, 0.2) is 66.7 Å². The van der Waals surface area contributed by atoms with E-state index in [0.717, 1.165) is 67.5 Å². The van der Waals surface area contributed by atoms with Crippen molar-refractivity contribution in [3.05, 3.63) is 77.9 Å². The van der Waals surface area contributed by atoms with Crippen molar-refractivity contribution in [2.24, 2.45) is 0 Å². The molecule has 0 aliphatic carbocycles. The maximum absolute atomic E-state index is 5.97. The second-order valence-electron chi connectivity index (χ2n) is 7.62. The van der Waals surface area contributed by atoms with Crippen molar-refractivity contribution in [1.82, 2.24) is 4.90 Å². The zero-order valence-electron chi connectivity index (χ0n) is 17.8. The second-order valence-corrected chi connectivity index (χ2v) is 7.62. The van der Waals surface area contributed by atoms with E-state index in [2.05, 4.69) is 41.3 Å². The van der Waals surface area contributed by atoms with Gasteiger partial charge in [0.2, 0.25) is 0 Å². The fourth-order valence-corrected chi connectivity index (χ4v) is 3.94. The van der Waals surface area contributed by atoms with Crippen LogP contribution in [0.2, 0.25) is 0 Å². The Morgan fingerprint density at radius 2 is 1.47 bits per heavy atom. The fourth-order valence-electron chi connectivity index (χ4n) is 3.94. The van der Waals surface area contributed by atoms with Crippen LogP contribution >= 0.6 is 0 Å². The van der Waals surface area contributed by atoms with E-state index in [1.807, 2.05) is 30.3 Å². The summed E-state index contributed by atoms with van der Waals surface area (Å²) < 4.78 is 16.7. The number of hydrogen-bond donors (Lipinski definition) is 0. The monoisotopic (exact) mass is 403 g/mol. The lowest BCUT2D eigenvalue weighted by atomic mass is 10.00. The van der Waals surface area contributed by atoms with Crippen LogP contribution in [0, 0.1) is 0 Å². The maximum atomic E-state index is 5.97. The summed E-state index contributed by atoms with van der Waals surface area (Å²) in [5.41, 5.74) is 5.13. The largest absolute Gasteiger partial charge is 0.497 e. The van der Waals surface area contributed by atoms with E-state index >= 15 is 0 Å². The Morgan fingerprint density at radius 3 is 2.17 bits per heavy atom. The molecule has 0 spiro atoms. The Bertz CT molecular complexity index is 946. The zero-order chi connectivity index (χ0) is 20.8. The number of benzene rings is 3. The van der Waals surface area contributed by atoms with Gasteiger partial charge in [0.05, 0.1) is 20.8 Å². The topological polar surface area (TPSA) is 30.9 Å². The molecule has 0 saturated carbocycles. The Labute approximate surface area is 179 Å². The molecule has 1 aliphatic rings. The minimum Gasteiger partial charge on any atom is -0.497 e. The van der Waals surface area contributed by atoms with Crippen LogP contribution in [0.3, 0.4) is 0 Å². The summed E-state index contributed by atoms with van der Waals surface area (Å²) in [6, 6.07) is 22.9. The van der Waals surface area contributed by atoms with Crippen LogP contribution in [0.4, 0.5) is 0 Å². The van der Waals surface area contributed by atoms with Crippen molar-refractivity contribution in [3.8, 4) is 28.4 Å². The SMILES string of the molecule is COc1cc(OC)cc(-c2ccc(OCCCN3CCc4ccccc4C3)cc2)c1. The Hall–Kier alpha value is -2.98. The van der Waals surface area contributed by atoms with E-state index < -0.39 is 0 Å². The first-order chi connectivity index (χ1) is 14.7. The molecule has 4 nitrogen and oxygen atoms in total. The van der Waals surface area contributed by atoms with Gasteiger partial charge in [-0.15, -0.1) is 0 Å². The molecule has 3 aromatic carbocycles. The third-order valence-electron chi connectivity index (χ3n) is 5.64. The predicted molar refractivity (Wildman–Crippen MR) is 121 cm³/mol. The molecular formula is C26H29NO3. The molecule has 0 amide bonds. The minimum atomic E-state index is 0.727. The van der Waals surface area contributed by atoms with Gasteiger partial charge in [-0.2, -0.15) is 0 Å². The van der Waals surface area contributed by atoms with Crippen molar-refractivity contribution >= 4 is 0 Å². The van der Waals surface area contributed by atoms with Crippen LogP contribution in [-0.4, -0.2) is 38.8 Å². The summed E-state index contributed by atoms with van der Waals surface area (Å²) in [7, 11) is 3.33. The minimum absolute atomic E-state index is 0.727. The first-order valence-electron chi connectivity index (χ1n) is 10.5. The fraction of sp³-hybridized carbons (Fsp3) is 0.308. The van der Waals surface area contributed by atoms with Gasteiger partial charge in [0.15, 0.2) is 0 Å². The van der Waals surface area contributed by atoms with Crippen LogP contribution < -0.4 is 14.2 Å².